The Balaban J connectivity index is 1.09. The Morgan fingerprint density at radius 3 is 1.70 bits per heavy atom. The molecule has 0 bridgehead atoms. The van der Waals surface area contributed by atoms with Crippen LogP contribution in [0.3, 0.4) is 0 Å². The minimum absolute atomic E-state index is 0.0280. The third kappa shape index (κ3) is 5.96. The molecule has 306 valence electrons. The zero-order valence-corrected chi connectivity index (χ0v) is 35.8. The molecule has 2 aliphatic rings. The van der Waals surface area contributed by atoms with Crippen molar-refractivity contribution >= 4 is 55.0 Å². The molecule has 0 spiro atoms. The summed E-state index contributed by atoms with van der Waals surface area (Å²) in [4.78, 5) is 25.3. The van der Waals surface area contributed by atoms with Crippen LogP contribution >= 0.6 is 0 Å². The summed E-state index contributed by atoms with van der Waals surface area (Å²) in [6.07, 6.45) is 3.51. The fourth-order valence-electron chi connectivity index (χ4n) is 10.8. The van der Waals surface area contributed by atoms with Crippen molar-refractivity contribution in [1.82, 2.24) is 0 Å². The van der Waals surface area contributed by atoms with Gasteiger partial charge in [0, 0.05) is 12.2 Å². The van der Waals surface area contributed by atoms with Gasteiger partial charge in [0.2, 0.25) is 0 Å². The Morgan fingerprint density at radius 2 is 1.05 bits per heavy atom. The highest BCUT2D eigenvalue weighted by molar-refractivity contribution is 6.26. The van der Waals surface area contributed by atoms with E-state index >= 15 is 0 Å². The van der Waals surface area contributed by atoms with Crippen LogP contribution < -0.4 is 0 Å². The zero-order valence-electron chi connectivity index (χ0n) is 35.8. The molecule has 4 heteroatoms. The molecule has 1 unspecified atom stereocenters. The summed E-state index contributed by atoms with van der Waals surface area (Å²) < 4.78 is 11.7. The molecule has 2 aliphatic carbocycles. The molecule has 9 aromatic rings. The maximum Gasteiger partial charge on any atom is 0.330 e. The van der Waals surface area contributed by atoms with Gasteiger partial charge in [-0.05, 0) is 146 Å². The number of rotatable bonds is 10. The maximum absolute atomic E-state index is 13.0. The highest BCUT2D eigenvalue weighted by Gasteiger charge is 2.45. The number of ether oxygens (including phenoxy) is 2. The van der Waals surface area contributed by atoms with Gasteiger partial charge in [0.25, 0.3) is 0 Å². The van der Waals surface area contributed by atoms with E-state index in [1.165, 1.54) is 83.1 Å². The van der Waals surface area contributed by atoms with Crippen molar-refractivity contribution < 1.29 is 19.1 Å². The number of hydrogen-bond donors (Lipinski definition) is 0. The van der Waals surface area contributed by atoms with Gasteiger partial charge in [-0.25, -0.2) is 9.59 Å². The van der Waals surface area contributed by atoms with Gasteiger partial charge in [-0.2, -0.15) is 0 Å². The maximum atomic E-state index is 13.0. The molecule has 63 heavy (non-hydrogen) atoms. The van der Waals surface area contributed by atoms with Crippen molar-refractivity contribution in [2.75, 3.05) is 13.2 Å². The highest BCUT2D eigenvalue weighted by Crippen LogP contribution is 2.55. The molecular weight excluding hydrogens is 773 g/mol. The third-order valence-corrected chi connectivity index (χ3v) is 13.8. The zero-order chi connectivity index (χ0) is 43.2. The monoisotopic (exact) mass is 818 g/mol. The smallest absolute Gasteiger partial charge is 0.330 e. The Hall–Kier alpha value is -7.30. The average Bonchev–Trinajstić information content (AvgIpc) is 3.78. The second-order valence-corrected chi connectivity index (χ2v) is 18.3. The van der Waals surface area contributed by atoms with E-state index in [-0.39, 0.29) is 18.6 Å². The molecule has 4 nitrogen and oxygen atoms in total. The summed E-state index contributed by atoms with van der Waals surface area (Å²) in [7, 11) is 0. The van der Waals surface area contributed by atoms with Crippen LogP contribution in [0.25, 0.3) is 98.7 Å². The summed E-state index contributed by atoms with van der Waals surface area (Å²) in [6, 6.07) is 51.5. The molecule has 0 amide bonds. The minimum Gasteiger partial charge on any atom is -0.463 e. The first-order valence-corrected chi connectivity index (χ1v) is 21.8. The van der Waals surface area contributed by atoms with Crippen molar-refractivity contribution in [2.45, 2.75) is 44.4 Å². The molecular formula is C59H46O4. The Labute approximate surface area is 367 Å². The topological polar surface area (TPSA) is 52.6 Å². The van der Waals surface area contributed by atoms with Gasteiger partial charge >= 0.3 is 11.9 Å². The quantitative estimate of drug-likeness (QED) is 0.0597. The summed E-state index contributed by atoms with van der Waals surface area (Å²) in [5, 5.41) is 9.91. The van der Waals surface area contributed by atoms with Crippen molar-refractivity contribution in [3.63, 3.8) is 0 Å². The first-order chi connectivity index (χ1) is 30.6. The van der Waals surface area contributed by atoms with E-state index in [0.29, 0.717) is 12.8 Å². The van der Waals surface area contributed by atoms with Crippen LogP contribution in [0.2, 0.25) is 0 Å². The van der Waals surface area contributed by atoms with E-state index in [9.17, 15) is 9.59 Å². The molecule has 0 aromatic heterocycles. The largest absolute Gasteiger partial charge is 0.463 e. The molecule has 0 radical (unpaired) electrons. The fourth-order valence-corrected chi connectivity index (χ4v) is 10.8. The Kier molecular flexibility index (Phi) is 8.82. The second-order valence-electron chi connectivity index (χ2n) is 18.3. The van der Waals surface area contributed by atoms with E-state index in [1.54, 1.807) is 0 Å². The van der Waals surface area contributed by atoms with Gasteiger partial charge in [0.15, 0.2) is 0 Å². The SMILES string of the molecule is C=CC(=O)OCCCC1(COC(=O)C=C)c2cc(-c3ccc4c5c(cccc35)-c3ccccc3-4)ccc2-c2ccc(-c3ccc4ccc5cc(C(C)(C)C)cc6ccc3c4c56)cc21. The number of carbonyl (C=O) groups is 2. The van der Waals surface area contributed by atoms with Crippen LogP contribution in [0.15, 0.2) is 165 Å². The molecule has 0 fully saturated rings. The highest BCUT2D eigenvalue weighted by atomic mass is 16.5. The van der Waals surface area contributed by atoms with Crippen LogP contribution in [-0.4, -0.2) is 25.2 Å². The van der Waals surface area contributed by atoms with Gasteiger partial charge in [0.1, 0.15) is 6.61 Å². The first kappa shape index (κ1) is 38.6. The lowest BCUT2D eigenvalue weighted by Crippen LogP contribution is -2.33. The standard InChI is InChI=1S/C59H46O4/c1-6-53(60)62-29-11-28-59(34-63-54(61)7-2)51-32-36(41-22-18-35-16-17-38-30-40(58(3,4)5)31-39-21-25-49(41)56(35)55(38)39)19-23-45(51)46-24-20-37(33-52(46)59)42-26-27-50-44-13-9-8-12-43(44)48-15-10-14-47(42)57(48)50/h6-10,12-27,30-33H,1-2,11,28-29,34H2,3-5H3. The molecule has 0 N–H and O–H groups in total. The molecule has 1 atom stereocenters. The van der Waals surface area contributed by atoms with Crippen molar-refractivity contribution in [3.8, 4) is 55.6 Å². The number of benzene rings is 9. The predicted octanol–water partition coefficient (Wildman–Crippen LogP) is 14.5. The van der Waals surface area contributed by atoms with E-state index in [1.807, 2.05) is 0 Å². The number of carbonyl (C=O) groups excluding carboxylic acids is 2. The Morgan fingerprint density at radius 1 is 0.524 bits per heavy atom. The lowest BCUT2D eigenvalue weighted by molar-refractivity contribution is -0.139. The van der Waals surface area contributed by atoms with E-state index < -0.39 is 17.4 Å². The number of esters is 2. The molecule has 0 saturated carbocycles. The van der Waals surface area contributed by atoms with Crippen LogP contribution in [0.1, 0.15) is 50.3 Å². The predicted molar refractivity (Wildman–Crippen MR) is 259 cm³/mol. The van der Waals surface area contributed by atoms with Crippen molar-refractivity contribution in [3.05, 3.63) is 182 Å². The fraction of sp³-hybridized carbons (Fsp3) is 0.153. The van der Waals surface area contributed by atoms with Crippen LogP contribution in [0.5, 0.6) is 0 Å². The summed E-state index contributed by atoms with van der Waals surface area (Å²) in [6.45, 7) is 14.4. The molecule has 0 heterocycles. The molecule has 0 aliphatic heterocycles. The summed E-state index contributed by atoms with van der Waals surface area (Å²) in [5.74, 6) is -0.944. The molecule has 9 aromatic carbocycles. The normalized spacial score (nSPS) is 14.8. The average molecular weight is 819 g/mol. The van der Waals surface area contributed by atoms with Gasteiger partial charge in [0.05, 0.1) is 12.0 Å². The lowest BCUT2D eigenvalue weighted by atomic mass is 9.74. The summed E-state index contributed by atoms with van der Waals surface area (Å²) >= 11 is 0. The lowest BCUT2D eigenvalue weighted by Gasteiger charge is -2.32. The van der Waals surface area contributed by atoms with Gasteiger partial charge in [-0.15, -0.1) is 0 Å². The first-order valence-electron chi connectivity index (χ1n) is 21.8. The number of fused-ring (bicyclic) bond motifs is 6. The van der Waals surface area contributed by atoms with Crippen LogP contribution in [0, 0.1) is 0 Å². The van der Waals surface area contributed by atoms with Gasteiger partial charge in [-0.1, -0.05) is 161 Å². The van der Waals surface area contributed by atoms with Gasteiger partial charge < -0.3 is 9.47 Å². The Bertz CT molecular complexity index is 3370. The molecule has 0 saturated heterocycles. The van der Waals surface area contributed by atoms with Crippen LogP contribution in [0.4, 0.5) is 0 Å². The van der Waals surface area contributed by atoms with Gasteiger partial charge in [-0.3, -0.25) is 0 Å². The summed E-state index contributed by atoms with van der Waals surface area (Å²) in [5.41, 5.74) is 14.4. The molecule has 11 rings (SSSR count). The van der Waals surface area contributed by atoms with Crippen molar-refractivity contribution in [1.29, 1.82) is 0 Å². The van der Waals surface area contributed by atoms with E-state index in [4.69, 9.17) is 9.47 Å². The van der Waals surface area contributed by atoms with E-state index in [2.05, 4.69) is 173 Å². The third-order valence-electron chi connectivity index (χ3n) is 13.8. The van der Waals surface area contributed by atoms with Crippen LogP contribution in [-0.2, 0) is 29.9 Å². The minimum atomic E-state index is -0.770. The second kappa shape index (κ2) is 14.4. The van der Waals surface area contributed by atoms with E-state index in [0.717, 1.165) is 44.5 Å². The number of hydrogen-bond acceptors (Lipinski definition) is 4. The van der Waals surface area contributed by atoms with Crippen molar-refractivity contribution in [2.24, 2.45) is 0 Å².